The second kappa shape index (κ2) is 12.8. The maximum atomic E-state index is 11.5. The number of guanidine groups is 1. The van der Waals surface area contributed by atoms with E-state index < -0.39 is 0 Å². The van der Waals surface area contributed by atoms with E-state index in [-0.39, 0.29) is 35.9 Å². The zero-order valence-electron chi connectivity index (χ0n) is 14.8. The van der Waals surface area contributed by atoms with E-state index in [4.69, 9.17) is 9.47 Å². The van der Waals surface area contributed by atoms with Crippen LogP contribution in [0.3, 0.4) is 0 Å². The number of likely N-dealkylation sites (tertiary alicyclic amines) is 1. The molecule has 23 heavy (non-hydrogen) atoms. The van der Waals surface area contributed by atoms with E-state index in [0.29, 0.717) is 5.92 Å². The Morgan fingerprint density at radius 3 is 2.52 bits per heavy atom. The van der Waals surface area contributed by atoms with Crippen molar-refractivity contribution in [3.8, 4) is 0 Å². The molecule has 6 nitrogen and oxygen atoms in total. The number of ether oxygens (including phenoxy) is 2. The van der Waals surface area contributed by atoms with Gasteiger partial charge in [0.2, 0.25) is 0 Å². The predicted molar refractivity (Wildman–Crippen MR) is 103 cm³/mol. The lowest BCUT2D eigenvalue weighted by Crippen LogP contribution is -2.47. The Morgan fingerprint density at radius 2 is 2.00 bits per heavy atom. The van der Waals surface area contributed by atoms with Crippen molar-refractivity contribution in [1.29, 1.82) is 0 Å². The maximum Gasteiger partial charge on any atom is 0.308 e. The second-order valence-electron chi connectivity index (χ2n) is 6.08. The van der Waals surface area contributed by atoms with Crippen LogP contribution in [0.15, 0.2) is 4.99 Å². The fraction of sp³-hybridized carbons (Fsp3) is 0.875. The molecule has 136 valence electrons. The first-order valence-corrected chi connectivity index (χ1v) is 8.19. The summed E-state index contributed by atoms with van der Waals surface area (Å²) in [5.74, 6) is 1.43. The molecule has 0 radical (unpaired) electrons. The third kappa shape index (κ3) is 8.74. The lowest BCUT2D eigenvalue weighted by molar-refractivity contribution is -0.146. The van der Waals surface area contributed by atoms with Gasteiger partial charge in [-0.25, -0.2) is 0 Å². The molecule has 1 aliphatic heterocycles. The molecule has 0 aromatic heterocycles. The highest BCUT2D eigenvalue weighted by molar-refractivity contribution is 14.0. The lowest BCUT2D eigenvalue weighted by atomic mass is 9.97. The van der Waals surface area contributed by atoms with Gasteiger partial charge in [-0.1, -0.05) is 13.8 Å². The first-order valence-electron chi connectivity index (χ1n) is 8.19. The van der Waals surface area contributed by atoms with Crippen LogP contribution in [0.2, 0.25) is 0 Å². The molecule has 0 saturated carbocycles. The van der Waals surface area contributed by atoms with Crippen LogP contribution < -0.4 is 5.32 Å². The zero-order chi connectivity index (χ0) is 16.4. The number of halogens is 1. The number of methoxy groups -OCH3 is 1. The van der Waals surface area contributed by atoms with Crippen molar-refractivity contribution in [3.05, 3.63) is 0 Å². The molecule has 0 aromatic carbocycles. The number of hydrogen-bond acceptors (Lipinski definition) is 4. The number of nitrogens with one attached hydrogen (secondary N) is 1. The summed E-state index contributed by atoms with van der Waals surface area (Å²) < 4.78 is 10.4. The summed E-state index contributed by atoms with van der Waals surface area (Å²) in [5.41, 5.74) is 0. The number of piperidine rings is 1. The number of carbonyl (C=O) groups excluding carboxylic acids is 1. The first kappa shape index (κ1) is 22.4. The van der Waals surface area contributed by atoms with Gasteiger partial charge in [0.25, 0.3) is 0 Å². The van der Waals surface area contributed by atoms with Crippen molar-refractivity contribution in [3.63, 3.8) is 0 Å². The Balaban J connectivity index is 0.00000484. The third-order valence-electron chi connectivity index (χ3n) is 3.74. The highest BCUT2D eigenvalue weighted by Gasteiger charge is 2.26. The molecule has 0 atom stereocenters. The Labute approximate surface area is 157 Å². The summed E-state index contributed by atoms with van der Waals surface area (Å²) >= 11 is 0. The normalized spacial score (nSPS) is 16.2. The molecule has 0 bridgehead atoms. The van der Waals surface area contributed by atoms with Crippen molar-refractivity contribution in [2.75, 3.05) is 47.0 Å². The minimum absolute atomic E-state index is 0. The molecule has 7 heteroatoms. The van der Waals surface area contributed by atoms with Crippen LogP contribution in [0.25, 0.3) is 0 Å². The highest BCUT2D eigenvalue weighted by Crippen LogP contribution is 2.18. The summed E-state index contributed by atoms with van der Waals surface area (Å²) in [6.07, 6.45) is 2.61. The average molecular weight is 441 g/mol. The largest absolute Gasteiger partial charge is 0.469 e. The van der Waals surface area contributed by atoms with E-state index in [0.717, 1.165) is 58.1 Å². The number of carbonyl (C=O) groups is 1. The van der Waals surface area contributed by atoms with E-state index in [2.05, 4.69) is 29.1 Å². The third-order valence-corrected chi connectivity index (χ3v) is 3.74. The van der Waals surface area contributed by atoms with Gasteiger partial charge >= 0.3 is 5.97 Å². The quantitative estimate of drug-likeness (QED) is 0.216. The Morgan fingerprint density at radius 1 is 1.35 bits per heavy atom. The number of rotatable bonds is 7. The molecule has 1 fully saturated rings. The van der Waals surface area contributed by atoms with Crippen LogP contribution in [0.1, 0.15) is 33.1 Å². The van der Waals surface area contributed by atoms with E-state index in [1.807, 2.05) is 0 Å². The van der Waals surface area contributed by atoms with Crippen LogP contribution in [0.4, 0.5) is 0 Å². The predicted octanol–water partition coefficient (Wildman–Crippen LogP) is 2.13. The summed E-state index contributed by atoms with van der Waals surface area (Å²) in [7, 11) is 3.25. The van der Waals surface area contributed by atoms with Gasteiger partial charge in [-0.3, -0.25) is 9.79 Å². The van der Waals surface area contributed by atoms with Gasteiger partial charge in [0.05, 0.1) is 13.0 Å². The smallest absolute Gasteiger partial charge is 0.308 e. The fourth-order valence-electron chi connectivity index (χ4n) is 2.52. The molecule has 0 amide bonds. The van der Waals surface area contributed by atoms with Crippen molar-refractivity contribution < 1.29 is 14.3 Å². The molecule has 1 N–H and O–H groups in total. The van der Waals surface area contributed by atoms with Gasteiger partial charge in [-0.05, 0) is 25.2 Å². The molecule has 1 heterocycles. The minimum atomic E-state index is -0.0927. The number of esters is 1. The Bertz CT molecular complexity index is 356. The van der Waals surface area contributed by atoms with Crippen molar-refractivity contribution in [2.45, 2.75) is 33.1 Å². The summed E-state index contributed by atoms with van der Waals surface area (Å²) in [6, 6.07) is 0. The van der Waals surface area contributed by atoms with Crippen LogP contribution in [-0.4, -0.2) is 63.8 Å². The zero-order valence-corrected chi connectivity index (χ0v) is 17.2. The van der Waals surface area contributed by atoms with E-state index >= 15 is 0 Å². The standard InChI is InChI=1S/C16H31N3O3.HI/c1-13(2)12-22-11-5-8-18-16(17-3)19-9-6-14(7-10-19)15(20)21-4;/h13-14H,5-12H2,1-4H3,(H,17,18);1H. The Kier molecular flexibility index (Phi) is 12.5. The minimum Gasteiger partial charge on any atom is -0.469 e. The average Bonchev–Trinajstić information content (AvgIpc) is 2.53. The molecule has 0 aliphatic carbocycles. The number of nitrogens with zero attached hydrogens (tertiary/aromatic N) is 2. The van der Waals surface area contributed by atoms with Gasteiger partial charge in [0.15, 0.2) is 5.96 Å². The van der Waals surface area contributed by atoms with Gasteiger partial charge in [0, 0.05) is 39.9 Å². The van der Waals surface area contributed by atoms with Crippen molar-refractivity contribution in [2.24, 2.45) is 16.8 Å². The van der Waals surface area contributed by atoms with Crippen LogP contribution >= 0.6 is 24.0 Å². The summed E-state index contributed by atoms with van der Waals surface area (Å²) in [5, 5.41) is 3.37. The number of hydrogen-bond donors (Lipinski definition) is 1. The summed E-state index contributed by atoms with van der Waals surface area (Å²) in [6.45, 7) is 8.41. The SMILES string of the molecule is CN=C(NCCCOCC(C)C)N1CCC(C(=O)OC)CC1.I. The van der Waals surface area contributed by atoms with E-state index in [9.17, 15) is 4.79 Å². The van der Waals surface area contributed by atoms with Crippen molar-refractivity contribution >= 4 is 35.9 Å². The molecule has 0 aromatic rings. The maximum absolute atomic E-state index is 11.5. The van der Waals surface area contributed by atoms with Gasteiger partial charge in [-0.2, -0.15) is 0 Å². The second-order valence-corrected chi connectivity index (χ2v) is 6.08. The topological polar surface area (TPSA) is 63.2 Å². The molecular formula is C16H32IN3O3. The molecule has 0 spiro atoms. The molecule has 1 rings (SSSR count). The molecular weight excluding hydrogens is 409 g/mol. The van der Waals surface area contributed by atoms with Crippen LogP contribution in [-0.2, 0) is 14.3 Å². The molecule has 1 aliphatic rings. The van der Waals surface area contributed by atoms with Gasteiger partial charge < -0.3 is 19.7 Å². The van der Waals surface area contributed by atoms with Crippen LogP contribution in [0, 0.1) is 11.8 Å². The van der Waals surface area contributed by atoms with E-state index in [1.165, 1.54) is 7.11 Å². The molecule has 1 saturated heterocycles. The lowest BCUT2D eigenvalue weighted by Gasteiger charge is -2.33. The highest BCUT2D eigenvalue weighted by atomic mass is 127. The number of aliphatic imine (C=N–C) groups is 1. The monoisotopic (exact) mass is 441 g/mol. The van der Waals surface area contributed by atoms with Gasteiger partial charge in [-0.15, -0.1) is 24.0 Å². The van der Waals surface area contributed by atoms with E-state index in [1.54, 1.807) is 7.05 Å². The first-order chi connectivity index (χ1) is 10.6. The van der Waals surface area contributed by atoms with Gasteiger partial charge in [0.1, 0.15) is 0 Å². The molecule has 0 unspecified atom stereocenters. The summed E-state index contributed by atoms with van der Waals surface area (Å²) in [4.78, 5) is 18.1. The fourth-order valence-corrected chi connectivity index (χ4v) is 2.52. The van der Waals surface area contributed by atoms with Crippen molar-refractivity contribution in [1.82, 2.24) is 10.2 Å². The van der Waals surface area contributed by atoms with Crippen LogP contribution in [0.5, 0.6) is 0 Å². The Hall–Kier alpha value is -0.570.